The Kier molecular flexibility index (Phi) is 4.69. The van der Waals surface area contributed by atoms with E-state index in [4.69, 9.17) is 4.74 Å². The Labute approximate surface area is 155 Å². The third-order valence-electron chi connectivity index (χ3n) is 4.43. The number of nitrogens with one attached hydrogen (secondary N) is 1. The van der Waals surface area contributed by atoms with Crippen molar-refractivity contribution in [2.75, 3.05) is 23.3 Å². The summed E-state index contributed by atoms with van der Waals surface area (Å²) in [4.78, 5) is 31.0. The van der Waals surface area contributed by atoms with Crippen molar-refractivity contribution in [2.24, 2.45) is 0 Å². The molecule has 138 valence electrons. The number of aromatic nitrogens is 3. The molecule has 3 heterocycles. The van der Waals surface area contributed by atoms with E-state index in [9.17, 15) is 9.59 Å². The van der Waals surface area contributed by atoms with Crippen LogP contribution in [-0.2, 0) is 11.3 Å². The summed E-state index contributed by atoms with van der Waals surface area (Å²) in [5.74, 6) is 0.729. The van der Waals surface area contributed by atoms with Gasteiger partial charge in [-0.25, -0.2) is 9.78 Å². The van der Waals surface area contributed by atoms with E-state index in [1.165, 1.54) is 10.7 Å². The molecule has 8 heteroatoms. The Hall–Kier alpha value is -3.42. The molecule has 0 spiro atoms. The van der Waals surface area contributed by atoms with Crippen molar-refractivity contribution in [3.63, 3.8) is 0 Å². The molecular formula is C19H19N5O3. The highest BCUT2D eigenvalue weighted by Gasteiger charge is 2.16. The first-order valence-electron chi connectivity index (χ1n) is 8.82. The van der Waals surface area contributed by atoms with E-state index in [0.717, 1.165) is 37.3 Å². The topological polar surface area (TPSA) is 88.8 Å². The van der Waals surface area contributed by atoms with Crippen LogP contribution >= 0.6 is 0 Å². The summed E-state index contributed by atoms with van der Waals surface area (Å²) < 4.78 is 6.36. The van der Waals surface area contributed by atoms with Crippen molar-refractivity contribution in [1.29, 1.82) is 0 Å². The molecule has 3 aromatic rings. The Morgan fingerprint density at radius 3 is 2.67 bits per heavy atom. The van der Waals surface area contributed by atoms with Crippen molar-refractivity contribution in [1.82, 2.24) is 14.6 Å². The lowest BCUT2D eigenvalue weighted by Crippen LogP contribution is -2.27. The fraction of sp³-hybridized carbons (Fsp3) is 0.263. The molecule has 0 atom stereocenters. The van der Waals surface area contributed by atoms with Crippen LogP contribution in [0.3, 0.4) is 0 Å². The van der Waals surface area contributed by atoms with Gasteiger partial charge in [-0.05, 0) is 30.5 Å². The molecule has 0 radical (unpaired) electrons. The quantitative estimate of drug-likeness (QED) is 0.764. The number of fused-ring (bicyclic) bond motifs is 1. The maximum atomic E-state index is 12.7. The summed E-state index contributed by atoms with van der Waals surface area (Å²) >= 11 is 0. The minimum Gasteiger partial charge on any atom is -0.444 e. The van der Waals surface area contributed by atoms with E-state index in [0.29, 0.717) is 5.65 Å². The fourth-order valence-corrected chi connectivity index (χ4v) is 3.02. The second-order valence-electron chi connectivity index (χ2n) is 6.32. The van der Waals surface area contributed by atoms with Gasteiger partial charge < -0.3 is 9.64 Å². The first-order valence-corrected chi connectivity index (χ1v) is 8.82. The van der Waals surface area contributed by atoms with Crippen molar-refractivity contribution >= 4 is 23.2 Å². The number of rotatable bonds is 4. The number of ether oxygens (including phenoxy) is 1. The molecule has 1 saturated heterocycles. The predicted molar refractivity (Wildman–Crippen MR) is 101 cm³/mol. The van der Waals surface area contributed by atoms with Crippen LogP contribution in [0.15, 0.2) is 53.5 Å². The van der Waals surface area contributed by atoms with Gasteiger partial charge in [0.2, 0.25) is 0 Å². The maximum Gasteiger partial charge on any atom is 0.412 e. The molecule has 1 fully saturated rings. The zero-order valence-corrected chi connectivity index (χ0v) is 14.7. The fourth-order valence-electron chi connectivity index (χ4n) is 3.02. The lowest BCUT2D eigenvalue weighted by atomic mass is 10.2. The first kappa shape index (κ1) is 17.0. The number of carbonyl (C=O) groups excluding carboxylic acids is 1. The van der Waals surface area contributed by atoms with Crippen LogP contribution in [0.2, 0.25) is 0 Å². The predicted octanol–water partition coefficient (Wildman–Crippen LogP) is 2.44. The van der Waals surface area contributed by atoms with Crippen LogP contribution in [0, 0.1) is 0 Å². The zero-order chi connectivity index (χ0) is 18.6. The molecule has 4 rings (SSSR count). The Balaban J connectivity index is 1.52. The van der Waals surface area contributed by atoms with Crippen molar-refractivity contribution in [3.8, 4) is 0 Å². The van der Waals surface area contributed by atoms with Gasteiger partial charge in [-0.3, -0.25) is 10.1 Å². The van der Waals surface area contributed by atoms with Crippen LogP contribution in [0.4, 0.5) is 16.3 Å². The average Bonchev–Trinajstić information content (AvgIpc) is 3.24. The molecule has 0 saturated carbocycles. The largest absolute Gasteiger partial charge is 0.444 e. The highest BCUT2D eigenvalue weighted by atomic mass is 16.5. The van der Waals surface area contributed by atoms with E-state index in [1.54, 1.807) is 6.07 Å². The molecule has 0 unspecified atom stereocenters. The zero-order valence-electron chi connectivity index (χ0n) is 14.7. The first-order chi connectivity index (χ1) is 13.2. The summed E-state index contributed by atoms with van der Waals surface area (Å²) in [5, 5.41) is 6.84. The highest BCUT2D eigenvalue weighted by molar-refractivity contribution is 5.84. The molecule has 8 nitrogen and oxygen atoms in total. The lowest BCUT2D eigenvalue weighted by molar-refractivity contribution is 0.155. The smallest absolute Gasteiger partial charge is 0.412 e. The monoisotopic (exact) mass is 365 g/mol. The van der Waals surface area contributed by atoms with Crippen molar-refractivity contribution < 1.29 is 9.53 Å². The molecule has 1 aromatic carbocycles. The SMILES string of the molecule is O=C(Nc1cnc2ccc(N3CCCC3)nn2c1=O)OCc1ccccc1. The van der Waals surface area contributed by atoms with E-state index >= 15 is 0 Å². The van der Waals surface area contributed by atoms with Gasteiger partial charge in [0.1, 0.15) is 18.1 Å². The number of carbonyl (C=O) groups is 1. The number of hydrogen-bond donors (Lipinski definition) is 1. The molecule has 1 aliphatic heterocycles. The number of benzene rings is 1. The van der Waals surface area contributed by atoms with E-state index in [1.807, 2.05) is 36.4 Å². The van der Waals surface area contributed by atoms with Crippen LogP contribution in [0.25, 0.3) is 5.65 Å². The van der Waals surface area contributed by atoms with Gasteiger partial charge in [0.05, 0.1) is 6.20 Å². The molecule has 0 bridgehead atoms. The summed E-state index contributed by atoms with van der Waals surface area (Å²) in [7, 11) is 0. The van der Waals surface area contributed by atoms with Gasteiger partial charge in [0.15, 0.2) is 5.65 Å². The summed E-state index contributed by atoms with van der Waals surface area (Å²) in [6.07, 6.45) is 2.83. The van der Waals surface area contributed by atoms with Gasteiger partial charge in [-0.15, -0.1) is 5.10 Å². The number of nitrogens with zero attached hydrogens (tertiary/aromatic N) is 4. The third-order valence-corrected chi connectivity index (χ3v) is 4.43. The van der Waals surface area contributed by atoms with Gasteiger partial charge in [-0.2, -0.15) is 4.52 Å². The van der Waals surface area contributed by atoms with Crippen LogP contribution in [0.1, 0.15) is 18.4 Å². The van der Waals surface area contributed by atoms with Crippen LogP contribution < -0.4 is 15.8 Å². The molecule has 1 amide bonds. The highest BCUT2D eigenvalue weighted by Crippen LogP contribution is 2.17. The molecule has 1 aliphatic rings. The summed E-state index contributed by atoms with van der Waals surface area (Å²) in [6, 6.07) is 12.9. The minimum atomic E-state index is -0.714. The maximum absolute atomic E-state index is 12.7. The normalized spacial score (nSPS) is 13.7. The molecular weight excluding hydrogens is 346 g/mol. The second-order valence-corrected chi connectivity index (χ2v) is 6.32. The number of anilines is 2. The number of amides is 1. The number of hydrogen-bond acceptors (Lipinski definition) is 6. The van der Waals surface area contributed by atoms with E-state index in [-0.39, 0.29) is 12.3 Å². The Morgan fingerprint density at radius 1 is 1.11 bits per heavy atom. The molecule has 0 aliphatic carbocycles. The standard InChI is InChI=1S/C19H19N5O3/c25-18-15(21-19(26)27-13-14-6-2-1-3-7-14)12-20-16-8-9-17(22-24(16)18)23-10-4-5-11-23/h1-3,6-9,12H,4-5,10-11,13H2,(H,21,26). The Bertz CT molecular complexity index is 1010. The van der Waals surface area contributed by atoms with E-state index < -0.39 is 11.7 Å². The van der Waals surface area contributed by atoms with Gasteiger partial charge in [0, 0.05) is 13.1 Å². The van der Waals surface area contributed by atoms with Gasteiger partial charge >= 0.3 is 6.09 Å². The van der Waals surface area contributed by atoms with Crippen LogP contribution in [0.5, 0.6) is 0 Å². The van der Waals surface area contributed by atoms with Crippen molar-refractivity contribution in [3.05, 3.63) is 64.6 Å². The third kappa shape index (κ3) is 3.74. The molecule has 2 aromatic heterocycles. The van der Waals surface area contributed by atoms with Crippen molar-refractivity contribution in [2.45, 2.75) is 19.4 Å². The Morgan fingerprint density at radius 2 is 1.89 bits per heavy atom. The minimum absolute atomic E-state index is 0.0247. The molecule has 27 heavy (non-hydrogen) atoms. The van der Waals surface area contributed by atoms with Gasteiger partial charge in [-0.1, -0.05) is 30.3 Å². The lowest BCUT2D eigenvalue weighted by Gasteiger charge is -2.16. The van der Waals surface area contributed by atoms with Crippen LogP contribution in [-0.4, -0.2) is 33.8 Å². The van der Waals surface area contributed by atoms with E-state index in [2.05, 4.69) is 20.3 Å². The second kappa shape index (κ2) is 7.45. The average molecular weight is 365 g/mol. The molecule has 1 N–H and O–H groups in total. The van der Waals surface area contributed by atoms with Gasteiger partial charge in [0.25, 0.3) is 5.56 Å². The summed E-state index contributed by atoms with van der Waals surface area (Å²) in [6.45, 7) is 1.96. The summed E-state index contributed by atoms with van der Waals surface area (Å²) in [5.41, 5.74) is 0.860.